The van der Waals surface area contributed by atoms with E-state index < -0.39 is 11.8 Å². The summed E-state index contributed by atoms with van der Waals surface area (Å²) in [6, 6.07) is 16.0. The predicted molar refractivity (Wildman–Crippen MR) is 96.3 cm³/mol. The fraction of sp³-hybridized carbons (Fsp3) is 0. The van der Waals surface area contributed by atoms with Gasteiger partial charge in [-0.05, 0) is 54.1 Å². The molecule has 2 amide bonds. The van der Waals surface area contributed by atoms with Crippen molar-refractivity contribution < 1.29 is 19.1 Å². The molecule has 0 saturated heterocycles. The Labute approximate surface area is 149 Å². The molecule has 3 rings (SSSR count). The van der Waals surface area contributed by atoms with Gasteiger partial charge < -0.3 is 14.8 Å². The van der Waals surface area contributed by atoms with Gasteiger partial charge in [-0.15, -0.1) is 0 Å². The third-order valence-corrected chi connectivity index (χ3v) is 3.44. The third-order valence-electron chi connectivity index (χ3n) is 3.44. The summed E-state index contributed by atoms with van der Waals surface area (Å²) in [6.07, 6.45) is 2.84. The summed E-state index contributed by atoms with van der Waals surface area (Å²) in [6.45, 7) is 0. The first-order valence-electron chi connectivity index (χ1n) is 7.70. The number of rotatable bonds is 5. The zero-order chi connectivity index (χ0) is 18.4. The van der Waals surface area contributed by atoms with Crippen molar-refractivity contribution in [2.24, 2.45) is 5.10 Å². The van der Waals surface area contributed by atoms with Crippen molar-refractivity contribution in [2.75, 3.05) is 5.32 Å². The van der Waals surface area contributed by atoms with Crippen molar-refractivity contribution in [1.82, 2.24) is 5.43 Å². The minimum atomic E-state index is -0.477. The van der Waals surface area contributed by atoms with E-state index in [1.54, 1.807) is 42.5 Å². The standard InChI is InChI=1S/C19H15N3O4/c23-14-9-7-13(8-10-14)12-20-22-18(24)15-4-1-2-5-16(15)21-19(25)17-6-3-11-26-17/h1-12,23H,(H,21,25)(H,22,24)/b20-12-. The lowest BCUT2D eigenvalue weighted by Crippen LogP contribution is -2.21. The van der Waals surface area contributed by atoms with E-state index in [0.29, 0.717) is 11.3 Å². The van der Waals surface area contributed by atoms with Crippen molar-refractivity contribution in [3.63, 3.8) is 0 Å². The fourth-order valence-corrected chi connectivity index (χ4v) is 2.17. The van der Waals surface area contributed by atoms with Gasteiger partial charge >= 0.3 is 0 Å². The van der Waals surface area contributed by atoms with Crippen molar-refractivity contribution in [3.05, 3.63) is 83.8 Å². The SMILES string of the molecule is O=C(Nc1ccccc1C(=O)N/N=C\c1ccc(O)cc1)c1ccco1. The van der Waals surface area contributed by atoms with E-state index in [1.165, 1.54) is 30.7 Å². The monoisotopic (exact) mass is 349 g/mol. The number of furan rings is 1. The molecule has 0 radical (unpaired) electrons. The van der Waals surface area contributed by atoms with Crippen LogP contribution in [0.25, 0.3) is 0 Å². The Balaban J connectivity index is 1.69. The number of hydrogen-bond acceptors (Lipinski definition) is 5. The van der Waals surface area contributed by atoms with Crippen LogP contribution in [0.3, 0.4) is 0 Å². The molecular formula is C19H15N3O4. The highest BCUT2D eigenvalue weighted by molar-refractivity contribution is 6.07. The third kappa shape index (κ3) is 4.15. The first-order chi connectivity index (χ1) is 12.6. The lowest BCUT2D eigenvalue weighted by molar-refractivity contribution is 0.0956. The molecule has 0 unspecified atom stereocenters. The quantitative estimate of drug-likeness (QED) is 0.486. The molecule has 0 aliphatic heterocycles. The Morgan fingerprint density at radius 2 is 1.73 bits per heavy atom. The Morgan fingerprint density at radius 1 is 0.962 bits per heavy atom. The normalized spacial score (nSPS) is 10.6. The van der Waals surface area contributed by atoms with Crippen LogP contribution in [0, 0.1) is 0 Å². The van der Waals surface area contributed by atoms with Gasteiger partial charge in [0.1, 0.15) is 5.75 Å². The minimum absolute atomic E-state index is 0.144. The maximum atomic E-state index is 12.3. The first kappa shape index (κ1) is 17.0. The van der Waals surface area contributed by atoms with Crippen molar-refractivity contribution >= 4 is 23.7 Å². The van der Waals surface area contributed by atoms with Gasteiger partial charge in [-0.2, -0.15) is 5.10 Å². The van der Waals surface area contributed by atoms with Gasteiger partial charge in [-0.25, -0.2) is 5.43 Å². The number of hydrogen-bond donors (Lipinski definition) is 3. The van der Waals surface area contributed by atoms with Crippen LogP contribution in [0.4, 0.5) is 5.69 Å². The summed E-state index contributed by atoms with van der Waals surface area (Å²) in [7, 11) is 0. The molecule has 7 heteroatoms. The van der Waals surface area contributed by atoms with E-state index in [0.717, 1.165) is 0 Å². The van der Waals surface area contributed by atoms with Crippen LogP contribution in [-0.4, -0.2) is 23.1 Å². The zero-order valence-corrected chi connectivity index (χ0v) is 13.5. The van der Waals surface area contributed by atoms with E-state index in [2.05, 4.69) is 15.8 Å². The molecule has 3 aromatic rings. The summed E-state index contributed by atoms with van der Waals surface area (Å²) in [5.74, 6) is -0.642. The number of nitrogens with one attached hydrogen (secondary N) is 2. The molecule has 1 heterocycles. The molecule has 1 aromatic heterocycles. The molecule has 3 N–H and O–H groups in total. The van der Waals surface area contributed by atoms with Crippen LogP contribution in [0.5, 0.6) is 5.75 Å². The van der Waals surface area contributed by atoms with Crippen molar-refractivity contribution in [3.8, 4) is 5.75 Å². The number of phenols is 1. The highest BCUT2D eigenvalue weighted by Crippen LogP contribution is 2.16. The summed E-state index contributed by atoms with van der Waals surface area (Å²) in [5.41, 5.74) is 3.71. The number of phenolic OH excluding ortho intramolecular Hbond substituents is 1. The number of nitrogens with zero attached hydrogens (tertiary/aromatic N) is 1. The molecular weight excluding hydrogens is 334 g/mol. The number of hydrazone groups is 1. The topological polar surface area (TPSA) is 104 Å². The zero-order valence-electron chi connectivity index (χ0n) is 13.5. The average Bonchev–Trinajstić information content (AvgIpc) is 3.18. The predicted octanol–water partition coefficient (Wildman–Crippen LogP) is 3.00. The first-order valence-corrected chi connectivity index (χ1v) is 7.70. The molecule has 0 spiro atoms. The van der Waals surface area contributed by atoms with Crippen LogP contribution < -0.4 is 10.7 Å². The molecule has 130 valence electrons. The Morgan fingerprint density at radius 3 is 2.46 bits per heavy atom. The lowest BCUT2D eigenvalue weighted by atomic mass is 10.1. The number of amides is 2. The fourth-order valence-electron chi connectivity index (χ4n) is 2.17. The second-order valence-electron chi connectivity index (χ2n) is 5.27. The Kier molecular flexibility index (Phi) is 5.09. The highest BCUT2D eigenvalue weighted by Gasteiger charge is 2.14. The lowest BCUT2D eigenvalue weighted by Gasteiger charge is -2.08. The highest BCUT2D eigenvalue weighted by atomic mass is 16.3. The van der Waals surface area contributed by atoms with E-state index in [-0.39, 0.29) is 17.1 Å². The number of aromatic hydroxyl groups is 1. The molecule has 0 atom stereocenters. The average molecular weight is 349 g/mol. The van der Waals surface area contributed by atoms with E-state index in [9.17, 15) is 14.7 Å². The van der Waals surface area contributed by atoms with Crippen LogP contribution in [0.2, 0.25) is 0 Å². The largest absolute Gasteiger partial charge is 0.508 e. The van der Waals surface area contributed by atoms with Crippen LogP contribution >= 0.6 is 0 Å². The Hall–Kier alpha value is -3.87. The van der Waals surface area contributed by atoms with Gasteiger partial charge in [-0.1, -0.05) is 12.1 Å². The van der Waals surface area contributed by atoms with Gasteiger partial charge in [-0.3, -0.25) is 9.59 Å². The number of benzene rings is 2. The molecule has 0 fully saturated rings. The minimum Gasteiger partial charge on any atom is -0.508 e. The summed E-state index contributed by atoms with van der Waals surface area (Å²) in [5, 5.41) is 15.7. The second kappa shape index (κ2) is 7.80. The smallest absolute Gasteiger partial charge is 0.291 e. The van der Waals surface area contributed by atoms with Crippen molar-refractivity contribution in [1.29, 1.82) is 0 Å². The van der Waals surface area contributed by atoms with E-state index in [4.69, 9.17) is 4.42 Å². The van der Waals surface area contributed by atoms with Gasteiger partial charge in [0.15, 0.2) is 5.76 Å². The molecule has 0 bridgehead atoms. The maximum Gasteiger partial charge on any atom is 0.291 e. The number of anilines is 1. The molecule has 26 heavy (non-hydrogen) atoms. The molecule has 0 aliphatic rings. The van der Waals surface area contributed by atoms with E-state index in [1.807, 2.05) is 0 Å². The van der Waals surface area contributed by atoms with Gasteiger partial charge in [0.25, 0.3) is 11.8 Å². The number of carbonyl (C=O) groups is 2. The summed E-state index contributed by atoms with van der Waals surface area (Å²) in [4.78, 5) is 24.4. The van der Waals surface area contributed by atoms with Crippen LogP contribution in [0.1, 0.15) is 26.5 Å². The van der Waals surface area contributed by atoms with E-state index >= 15 is 0 Å². The molecule has 7 nitrogen and oxygen atoms in total. The number of para-hydroxylation sites is 1. The Bertz CT molecular complexity index is 932. The molecule has 0 aliphatic carbocycles. The van der Waals surface area contributed by atoms with Crippen LogP contribution in [0.15, 0.2) is 76.4 Å². The van der Waals surface area contributed by atoms with Gasteiger partial charge in [0, 0.05) is 0 Å². The van der Waals surface area contributed by atoms with Gasteiger partial charge in [0.2, 0.25) is 0 Å². The van der Waals surface area contributed by atoms with Crippen LogP contribution in [-0.2, 0) is 0 Å². The summed E-state index contributed by atoms with van der Waals surface area (Å²) < 4.78 is 5.04. The molecule has 0 saturated carbocycles. The number of carbonyl (C=O) groups excluding carboxylic acids is 2. The summed E-state index contributed by atoms with van der Waals surface area (Å²) >= 11 is 0. The molecule has 2 aromatic carbocycles. The van der Waals surface area contributed by atoms with Crippen molar-refractivity contribution in [2.45, 2.75) is 0 Å². The second-order valence-corrected chi connectivity index (χ2v) is 5.27. The van der Waals surface area contributed by atoms with Gasteiger partial charge in [0.05, 0.1) is 23.7 Å². The maximum absolute atomic E-state index is 12.3.